The third kappa shape index (κ3) is 8.32. The number of ether oxygens (including phenoxy) is 2. The Morgan fingerprint density at radius 3 is 2.23 bits per heavy atom. The average molecular weight is 757 g/mol. The largest absolute Gasteiger partial charge is 0.453 e. The molecule has 3 amide bonds. The zero-order valence-corrected chi connectivity index (χ0v) is 32.2. The van der Waals surface area contributed by atoms with Gasteiger partial charge in [0.05, 0.1) is 54.9 Å². The molecule has 290 valence electrons. The van der Waals surface area contributed by atoms with Crippen LogP contribution in [0, 0.1) is 17.8 Å². The maximum Gasteiger partial charge on any atom is 0.407 e. The van der Waals surface area contributed by atoms with Crippen molar-refractivity contribution < 1.29 is 23.9 Å². The molecule has 0 aliphatic carbocycles. The first kappa shape index (κ1) is 38.3. The molecule has 3 aromatic carbocycles. The first-order chi connectivity index (χ1) is 27.2. The first-order valence-corrected chi connectivity index (χ1v) is 19.1. The van der Waals surface area contributed by atoms with E-state index in [4.69, 9.17) is 14.5 Å². The molecular weight excluding hydrogens is 709 g/mol. The Hall–Kier alpha value is -5.97. The number of carbonyl (C=O) groups is 3. The molecule has 56 heavy (non-hydrogen) atoms. The van der Waals surface area contributed by atoms with E-state index in [0.29, 0.717) is 31.2 Å². The monoisotopic (exact) mass is 756 g/mol. The number of alkyl carbamates (subject to hydrolysis) is 1. The summed E-state index contributed by atoms with van der Waals surface area (Å²) in [5.74, 6) is 8.03. The number of benzene rings is 3. The van der Waals surface area contributed by atoms with E-state index in [-0.39, 0.29) is 35.9 Å². The number of fused-ring (bicyclic) bond motifs is 1. The van der Waals surface area contributed by atoms with E-state index in [2.05, 4.69) is 37.4 Å². The fraction of sp³-hybridized carbons (Fsp3) is 0.372. The van der Waals surface area contributed by atoms with Crippen LogP contribution in [0.15, 0.2) is 79.0 Å². The summed E-state index contributed by atoms with van der Waals surface area (Å²) in [6.07, 6.45) is 4.47. The second-order valence-electron chi connectivity index (χ2n) is 14.6. The van der Waals surface area contributed by atoms with Gasteiger partial charge >= 0.3 is 6.09 Å². The number of hydrogen-bond donors (Lipinski definition) is 4. The molecule has 2 aliphatic heterocycles. The van der Waals surface area contributed by atoms with Crippen molar-refractivity contribution >= 4 is 28.9 Å². The van der Waals surface area contributed by atoms with Crippen molar-refractivity contribution in [2.24, 2.45) is 5.92 Å². The number of hydrogen-bond acceptors (Lipinski definition) is 8. The average Bonchev–Trinajstić information content (AvgIpc) is 4.05. The summed E-state index contributed by atoms with van der Waals surface area (Å²) in [6.45, 7) is 5.65. The maximum atomic E-state index is 13.9. The van der Waals surface area contributed by atoms with Crippen molar-refractivity contribution in [1.29, 1.82) is 0 Å². The molecule has 0 radical (unpaired) electrons. The molecule has 4 heterocycles. The topological polar surface area (TPSA) is 158 Å². The Kier molecular flexibility index (Phi) is 11.8. The number of aromatic amines is 2. The number of amides is 3. The summed E-state index contributed by atoms with van der Waals surface area (Å²) in [5, 5.41) is 5.94. The van der Waals surface area contributed by atoms with Gasteiger partial charge in [-0.1, -0.05) is 68.2 Å². The van der Waals surface area contributed by atoms with E-state index in [9.17, 15) is 14.4 Å². The second kappa shape index (κ2) is 17.2. The van der Waals surface area contributed by atoms with Crippen molar-refractivity contribution in [3.63, 3.8) is 0 Å². The minimum Gasteiger partial charge on any atom is -0.453 e. The lowest BCUT2D eigenvalue weighted by atomic mass is 10.0. The van der Waals surface area contributed by atoms with Crippen LogP contribution in [0.5, 0.6) is 0 Å². The van der Waals surface area contributed by atoms with Gasteiger partial charge in [-0.2, -0.15) is 0 Å². The van der Waals surface area contributed by atoms with Gasteiger partial charge in [0.25, 0.3) is 5.91 Å². The van der Waals surface area contributed by atoms with E-state index in [1.165, 1.54) is 7.11 Å². The molecule has 2 aliphatic rings. The quantitative estimate of drug-likeness (QED) is 0.0946. The molecule has 2 aromatic heterocycles. The van der Waals surface area contributed by atoms with Gasteiger partial charge in [0.1, 0.15) is 17.7 Å². The molecule has 13 nitrogen and oxygen atoms in total. The summed E-state index contributed by atoms with van der Waals surface area (Å²) in [5.41, 5.74) is 5.89. The molecule has 2 fully saturated rings. The molecule has 0 bridgehead atoms. The fourth-order valence-electron chi connectivity index (χ4n) is 7.66. The number of H-pyrrole nitrogens is 2. The van der Waals surface area contributed by atoms with Gasteiger partial charge in [-0.3, -0.25) is 14.9 Å². The summed E-state index contributed by atoms with van der Waals surface area (Å²) < 4.78 is 10.0. The highest BCUT2D eigenvalue weighted by Gasteiger charge is 2.38. The number of rotatable bonds is 11. The molecule has 2 saturated heterocycles. The van der Waals surface area contributed by atoms with Gasteiger partial charge in [-0.05, 0) is 73.1 Å². The van der Waals surface area contributed by atoms with Crippen molar-refractivity contribution in [3.05, 3.63) is 107 Å². The number of carbonyl (C=O) groups excluding carboxylic acids is 3. The summed E-state index contributed by atoms with van der Waals surface area (Å²) in [7, 11) is 2.90. The minimum absolute atomic E-state index is 0.0709. The Balaban J connectivity index is 1.02. The standard InChI is InChI=1S/C43H48N8O5/c1-27(2)37(45-26-55-3)41(52)51-23-9-13-36(51)40-46-32-21-18-29(24-33(32)47-40)15-14-28-16-19-30(20-17-28)34-25-44-39(48-34)35-12-8-22-50(35)42(53)38(49-43(54)56-4)31-10-6-5-7-11-31/h5-7,10-11,16-21,24-25,27,35-38,45H,8-9,12-13,22-23,26H2,1-4H3,(H,44,48)(H,46,47)(H,49,54). The van der Waals surface area contributed by atoms with Crippen LogP contribution in [0.1, 0.15) is 86.0 Å². The van der Waals surface area contributed by atoms with E-state index in [1.54, 1.807) is 18.2 Å². The highest BCUT2D eigenvalue weighted by atomic mass is 16.5. The van der Waals surface area contributed by atoms with Crippen LogP contribution >= 0.6 is 0 Å². The van der Waals surface area contributed by atoms with Gasteiger partial charge < -0.3 is 34.6 Å². The number of nitrogens with zero attached hydrogens (tertiary/aromatic N) is 4. The van der Waals surface area contributed by atoms with Crippen LogP contribution in [0.3, 0.4) is 0 Å². The summed E-state index contributed by atoms with van der Waals surface area (Å²) >= 11 is 0. The lowest BCUT2D eigenvalue weighted by molar-refractivity contribution is -0.136. The number of aromatic nitrogens is 4. The van der Waals surface area contributed by atoms with E-state index in [1.807, 2.05) is 91.5 Å². The van der Waals surface area contributed by atoms with Gasteiger partial charge in [0, 0.05) is 31.3 Å². The number of imidazole rings is 2. The molecule has 0 saturated carbocycles. The van der Waals surface area contributed by atoms with Crippen LogP contribution in [-0.2, 0) is 19.1 Å². The van der Waals surface area contributed by atoms with Crippen molar-refractivity contribution in [1.82, 2.24) is 40.4 Å². The molecule has 4 atom stereocenters. The Morgan fingerprint density at radius 1 is 0.857 bits per heavy atom. The zero-order valence-electron chi connectivity index (χ0n) is 32.2. The third-order valence-corrected chi connectivity index (χ3v) is 10.6. The minimum atomic E-state index is -0.877. The number of likely N-dealkylation sites (tertiary alicyclic amines) is 2. The summed E-state index contributed by atoms with van der Waals surface area (Å²) in [4.78, 5) is 59.8. The predicted octanol–water partition coefficient (Wildman–Crippen LogP) is 6.00. The fourth-order valence-corrected chi connectivity index (χ4v) is 7.66. The lowest BCUT2D eigenvalue weighted by Gasteiger charge is -2.30. The molecular formula is C43H48N8O5. The van der Waals surface area contributed by atoms with Gasteiger partial charge in [-0.15, -0.1) is 0 Å². The van der Waals surface area contributed by atoms with Gasteiger partial charge in [-0.25, -0.2) is 14.8 Å². The zero-order chi connectivity index (χ0) is 39.2. The highest BCUT2D eigenvalue weighted by Crippen LogP contribution is 2.35. The molecule has 4 N–H and O–H groups in total. The predicted molar refractivity (Wildman–Crippen MR) is 212 cm³/mol. The van der Waals surface area contributed by atoms with Crippen molar-refractivity contribution in [3.8, 4) is 23.1 Å². The Labute approximate surface area is 326 Å². The van der Waals surface area contributed by atoms with Crippen molar-refractivity contribution in [2.45, 2.75) is 63.7 Å². The SMILES string of the molecule is COCNC(C(=O)N1CCCC1c1nc2ccc(C#Cc3ccc(-c4cnc(C5CCCN5C(=O)C(NC(=O)OC)c5ccccc5)[nH]4)cc3)cc2[nH]1)C(C)C. The summed E-state index contributed by atoms with van der Waals surface area (Å²) in [6, 6.07) is 21.5. The number of nitrogens with one attached hydrogen (secondary N) is 4. The maximum absolute atomic E-state index is 13.9. The molecule has 7 rings (SSSR count). The van der Waals surface area contributed by atoms with Gasteiger partial charge in [0.15, 0.2) is 0 Å². The first-order valence-electron chi connectivity index (χ1n) is 19.1. The molecule has 0 spiro atoms. The lowest BCUT2D eigenvalue weighted by Crippen LogP contribution is -2.49. The smallest absolute Gasteiger partial charge is 0.407 e. The molecule has 13 heteroatoms. The van der Waals surface area contributed by atoms with E-state index < -0.39 is 12.1 Å². The van der Waals surface area contributed by atoms with E-state index in [0.717, 1.165) is 64.9 Å². The van der Waals surface area contributed by atoms with Crippen LogP contribution in [0.2, 0.25) is 0 Å². The molecule has 5 aromatic rings. The number of methoxy groups -OCH3 is 2. The van der Waals surface area contributed by atoms with Crippen LogP contribution in [-0.4, -0.2) is 87.7 Å². The normalized spacial score (nSPS) is 17.8. The Morgan fingerprint density at radius 2 is 1.54 bits per heavy atom. The second-order valence-corrected chi connectivity index (χ2v) is 14.6. The molecule has 4 unspecified atom stereocenters. The van der Waals surface area contributed by atoms with Crippen molar-refractivity contribution in [2.75, 3.05) is 34.0 Å². The third-order valence-electron chi connectivity index (χ3n) is 10.6. The van der Waals surface area contributed by atoms with Crippen LogP contribution in [0.4, 0.5) is 4.79 Å². The van der Waals surface area contributed by atoms with Crippen LogP contribution in [0.25, 0.3) is 22.3 Å². The van der Waals surface area contributed by atoms with Gasteiger partial charge in [0.2, 0.25) is 5.91 Å². The van der Waals surface area contributed by atoms with Crippen LogP contribution < -0.4 is 10.6 Å². The Bertz CT molecular complexity index is 2220. The van der Waals surface area contributed by atoms with E-state index >= 15 is 0 Å². The highest BCUT2D eigenvalue weighted by molar-refractivity contribution is 5.87.